The molecule has 3 rings (SSSR count). The molecule has 14 heteroatoms. The Morgan fingerprint density at radius 3 is 2.03 bits per heavy atom. The normalized spacial score (nSPS) is 12.5. The molecule has 0 aliphatic carbocycles. The summed E-state index contributed by atoms with van der Waals surface area (Å²) >= 11 is 0. The quantitative estimate of drug-likeness (QED) is 0.273. The first-order chi connectivity index (χ1) is 14.3. The number of hydrogen-bond acceptors (Lipinski definition) is 9. The lowest BCUT2D eigenvalue weighted by Crippen LogP contribution is -2.02. The number of phenols is 2. The highest BCUT2D eigenvalue weighted by Gasteiger charge is 2.25. The number of phenolic OH excluding ortho intramolecular Hbond substituents is 2. The van der Waals surface area contributed by atoms with Crippen molar-refractivity contribution in [3.63, 3.8) is 0 Å². The molecule has 3 aromatic rings. The average molecular weight is 468 g/mol. The van der Waals surface area contributed by atoms with Gasteiger partial charge in [0.1, 0.15) is 22.0 Å². The third-order valence-corrected chi connectivity index (χ3v) is 5.80. The van der Waals surface area contributed by atoms with Gasteiger partial charge in [-0.1, -0.05) is 12.1 Å². The minimum atomic E-state index is -5.05. The lowest BCUT2D eigenvalue weighted by molar-refractivity contribution is 0.0697. The Morgan fingerprint density at radius 1 is 0.839 bits per heavy atom. The van der Waals surface area contributed by atoms with Crippen molar-refractivity contribution in [3.8, 4) is 11.5 Å². The van der Waals surface area contributed by atoms with Crippen LogP contribution in [0.4, 0.5) is 11.4 Å². The molecule has 0 saturated heterocycles. The molecule has 0 spiro atoms. The zero-order chi connectivity index (χ0) is 23.1. The van der Waals surface area contributed by atoms with Gasteiger partial charge in [0, 0.05) is 11.5 Å². The van der Waals surface area contributed by atoms with Crippen LogP contribution < -0.4 is 0 Å². The van der Waals surface area contributed by atoms with Crippen LogP contribution in [0, 0.1) is 0 Å². The summed E-state index contributed by atoms with van der Waals surface area (Å²) in [5.41, 5.74) is -0.980. The molecular formula is C17H12N2O10S2. The van der Waals surface area contributed by atoms with Gasteiger partial charge < -0.3 is 15.3 Å². The molecule has 0 aliphatic heterocycles. The smallest absolute Gasteiger partial charge is 0.337 e. The molecule has 0 amide bonds. The van der Waals surface area contributed by atoms with Gasteiger partial charge in [-0.15, -0.1) is 10.2 Å². The first-order valence-corrected chi connectivity index (χ1v) is 10.9. The Morgan fingerprint density at radius 2 is 1.45 bits per heavy atom. The summed E-state index contributed by atoms with van der Waals surface area (Å²) in [4.78, 5) is 9.40. The molecule has 0 radical (unpaired) electrons. The second kappa shape index (κ2) is 7.59. The monoisotopic (exact) mass is 468 g/mol. The molecule has 0 aromatic heterocycles. The summed E-state index contributed by atoms with van der Waals surface area (Å²) in [6.45, 7) is 0. The SMILES string of the molecule is O=C(O)c1ccccc1N=Nc1cc(S(=O)(=O)O)c2cc(S(=O)(=O)O)cc(O)c2c1O. The van der Waals surface area contributed by atoms with Crippen LogP contribution in [0.15, 0.2) is 62.5 Å². The summed E-state index contributed by atoms with van der Waals surface area (Å²) in [7, 11) is -9.92. The van der Waals surface area contributed by atoms with Gasteiger partial charge in [0.15, 0.2) is 5.75 Å². The molecule has 5 N–H and O–H groups in total. The molecule has 0 heterocycles. The van der Waals surface area contributed by atoms with E-state index in [1.54, 1.807) is 0 Å². The van der Waals surface area contributed by atoms with Crippen LogP contribution in [0.1, 0.15) is 10.4 Å². The number of rotatable bonds is 5. The van der Waals surface area contributed by atoms with E-state index in [9.17, 15) is 46.1 Å². The van der Waals surface area contributed by atoms with E-state index >= 15 is 0 Å². The maximum Gasteiger partial charge on any atom is 0.337 e. The van der Waals surface area contributed by atoms with Crippen molar-refractivity contribution in [1.29, 1.82) is 0 Å². The highest BCUT2D eigenvalue weighted by molar-refractivity contribution is 7.86. The number of carbonyl (C=O) groups is 1. The Labute approximate surface area is 174 Å². The highest BCUT2D eigenvalue weighted by Crippen LogP contribution is 2.44. The summed E-state index contributed by atoms with van der Waals surface area (Å²) < 4.78 is 65.1. The zero-order valence-corrected chi connectivity index (χ0v) is 16.7. The minimum Gasteiger partial charge on any atom is -0.507 e. The van der Waals surface area contributed by atoms with E-state index in [2.05, 4.69) is 10.2 Å². The fraction of sp³-hybridized carbons (Fsp3) is 0. The first-order valence-electron chi connectivity index (χ1n) is 8.02. The van der Waals surface area contributed by atoms with Crippen molar-refractivity contribution in [2.45, 2.75) is 9.79 Å². The molecule has 0 saturated carbocycles. The van der Waals surface area contributed by atoms with E-state index in [0.29, 0.717) is 18.2 Å². The Hall–Kier alpha value is -3.59. The van der Waals surface area contributed by atoms with Gasteiger partial charge in [0.2, 0.25) is 0 Å². The minimum absolute atomic E-state index is 0.145. The standard InChI is InChI=1S/C17H12N2O10S2/c20-13-6-8(30(24,25)26)5-10-14(31(27,28)29)7-12(16(21)15(10)13)19-18-11-4-2-1-3-9(11)17(22)23/h1-7,20-21H,(H,22,23)(H,24,25,26)(H,27,28,29). The van der Waals surface area contributed by atoms with Crippen molar-refractivity contribution in [2.24, 2.45) is 10.2 Å². The maximum atomic E-state index is 11.8. The highest BCUT2D eigenvalue weighted by atomic mass is 32.2. The molecule has 0 bridgehead atoms. The van der Waals surface area contributed by atoms with Crippen LogP contribution in [0.25, 0.3) is 10.8 Å². The molecule has 12 nitrogen and oxygen atoms in total. The van der Waals surface area contributed by atoms with Gasteiger partial charge in [-0.2, -0.15) is 16.8 Å². The van der Waals surface area contributed by atoms with Crippen molar-refractivity contribution >= 4 is 48.4 Å². The number of azo groups is 1. The van der Waals surface area contributed by atoms with Crippen LogP contribution in [0.5, 0.6) is 11.5 Å². The fourth-order valence-corrected chi connectivity index (χ4v) is 3.96. The van der Waals surface area contributed by atoms with Gasteiger partial charge >= 0.3 is 5.97 Å². The van der Waals surface area contributed by atoms with E-state index < -0.39 is 64.0 Å². The van der Waals surface area contributed by atoms with Gasteiger partial charge in [0.05, 0.1) is 15.8 Å². The van der Waals surface area contributed by atoms with Crippen LogP contribution in [-0.2, 0) is 20.2 Å². The Bertz CT molecular complexity index is 1480. The largest absolute Gasteiger partial charge is 0.507 e. The molecule has 3 aromatic carbocycles. The van der Waals surface area contributed by atoms with E-state index in [1.165, 1.54) is 24.3 Å². The molecule has 31 heavy (non-hydrogen) atoms. The van der Waals surface area contributed by atoms with Crippen LogP contribution >= 0.6 is 0 Å². The van der Waals surface area contributed by atoms with Crippen LogP contribution in [0.2, 0.25) is 0 Å². The average Bonchev–Trinajstić information content (AvgIpc) is 2.65. The number of aromatic carboxylic acids is 1. The van der Waals surface area contributed by atoms with Gasteiger partial charge in [-0.3, -0.25) is 9.11 Å². The zero-order valence-electron chi connectivity index (χ0n) is 15.0. The molecule has 0 aliphatic rings. The predicted octanol–water partition coefficient (Wildman–Crippen LogP) is 2.86. The number of carboxylic acid groups (broad SMARTS) is 1. The lowest BCUT2D eigenvalue weighted by atomic mass is 10.1. The summed E-state index contributed by atoms with van der Waals surface area (Å²) in [6.07, 6.45) is 0. The number of aromatic hydroxyl groups is 2. The van der Waals surface area contributed by atoms with E-state index in [-0.39, 0.29) is 11.3 Å². The Balaban J connectivity index is 2.34. The molecule has 0 fully saturated rings. The first kappa shape index (κ1) is 22.1. The Kier molecular flexibility index (Phi) is 5.41. The molecule has 0 unspecified atom stereocenters. The van der Waals surface area contributed by atoms with E-state index in [1.807, 2.05) is 0 Å². The second-order valence-electron chi connectivity index (χ2n) is 6.08. The second-order valence-corrected chi connectivity index (χ2v) is 8.89. The third-order valence-electron chi connectivity index (χ3n) is 4.08. The predicted molar refractivity (Wildman–Crippen MR) is 104 cm³/mol. The molecule has 0 atom stereocenters. The van der Waals surface area contributed by atoms with Gasteiger partial charge in [-0.05, 0) is 24.3 Å². The van der Waals surface area contributed by atoms with Gasteiger partial charge in [-0.25, -0.2) is 4.79 Å². The van der Waals surface area contributed by atoms with E-state index in [0.717, 1.165) is 0 Å². The fourth-order valence-electron chi connectivity index (χ4n) is 2.73. The van der Waals surface area contributed by atoms with Crippen molar-refractivity contribution in [3.05, 3.63) is 48.0 Å². The maximum absolute atomic E-state index is 11.8. The van der Waals surface area contributed by atoms with Crippen LogP contribution in [-0.4, -0.2) is 47.2 Å². The molecular weight excluding hydrogens is 456 g/mol. The van der Waals surface area contributed by atoms with Crippen molar-refractivity contribution in [2.75, 3.05) is 0 Å². The summed E-state index contributed by atoms with van der Waals surface area (Å²) in [5.74, 6) is -3.12. The summed E-state index contributed by atoms with van der Waals surface area (Å²) in [5, 5.41) is 35.8. The third kappa shape index (κ3) is 4.31. The number of hydrogen-bond donors (Lipinski definition) is 5. The van der Waals surface area contributed by atoms with Crippen LogP contribution in [0.3, 0.4) is 0 Å². The molecule has 162 valence electrons. The van der Waals surface area contributed by atoms with Crippen molar-refractivity contribution in [1.82, 2.24) is 0 Å². The summed E-state index contributed by atoms with van der Waals surface area (Å²) in [6, 6.07) is 7.19. The number of fused-ring (bicyclic) bond motifs is 1. The van der Waals surface area contributed by atoms with Crippen molar-refractivity contribution < 1.29 is 46.1 Å². The number of carboxylic acids is 1. The number of nitrogens with zero attached hydrogens (tertiary/aromatic N) is 2. The lowest BCUT2D eigenvalue weighted by Gasteiger charge is -2.11. The van der Waals surface area contributed by atoms with E-state index in [4.69, 9.17) is 0 Å². The van der Waals surface area contributed by atoms with Gasteiger partial charge in [0.25, 0.3) is 20.2 Å². The number of benzene rings is 3. The topological polar surface area (TPSA) is 211 Å².